The molecule has 0 unspecified atom stereocenters. The summed E-state index contributed by atoms with van der Waals surface area (Å²) in [5, 5.41) is 30.4. The van der Waals surface area contributed by atoms with E-state index in [1.165, 1.54) is 0 Å². The molecule has 0 aromatic carbocycles. The summed E-state index contributed by atoms with van der Waals surface area (Å²) in [6.45, 7) is 2.43. The summed E-state index contributed by atoms with van der Waals surface area (Å²) in [5.41, 5.74) is 0. The van der Waals surface area contributed by atoms with Crippen LogP contribution in [0.4, 0.5) is 0 Å². The molecule has 6 nitrogen and oxygen atoms in total. The lowest BCUT2D eigenvalue weighted by Gasteiger charge is -1.71. The van der Waals surface area contributed by atoms with Gasteiger partial charge in [-0.1, -0.05) is 6.92 Å². The van der Waals surface area contributed by atoms with Crippen LogP contribution in [0.25, 0.3) is 0 Å². The Bertz CT molecular complexity index is 116. The number of aliphatic hydroxyl groups excluding tert-OH is 2. The van der Waals surface area contributed by atoms with Gasteiger partial charge >= 0.3 is 5.97 Å². The first-order valence-corrected chi connectivity index (χ1v) is 3.55. The minimum Gasteiger partial charge on any atom is -0.481 e. The van der Waals surface area contributed by atoms with Crippen LogP contribution in [0, 0.1) is 0 Å². The Morgan fingerprint density at radius 1 is 1.08 bits per heavy atom. The van der Waals surface area contributed by atoms with Crippen molar-refractivity contribution in [1.29, 1.82) is 0 Å². The molecule has 0 aliphatic heterocycles. The molecule has 0 saturated carbocycles. The zero-order valence-electron chi connectivity index (χ0n) is 7.73. The van der Waals surface area contributed by atoms with Crippen molar-refractivity contribution in [3.05, 3.63) is 0 Å². The van der Waals surface area contributed by atoms with Gasteiger partial charge in [0.05, 0.1) is 13.2 Å². The average molecular weight is 196 g/mol. The summed E-state index contributed by atoms with van der Waals surface area (Å²) in [7, 11) is 0. The Balaban J connectivity index is -0.000000117. The third kappa shape index (κ3) is 246. The van der Waals surface area contributed by atoms with Gasteiger partial charge in [0.2, 0.25) is 0 Å². The molecule has 0 aromatic heterocycles. The first-order valence-electron chi connectivity index (χ1n) is 3.55. The van der Waals surface area contributed by atoms with E-state index in [0.29, 0.717) is 0 Å². The van der Waals surface area contributed by atoms with Gasteiger partial charge in [-0.3, -0.25) is 9.59 Å². The maximum Gasteiger partial charge on any atom is 0.303 e. The molecule has 0 rings (SSSR count). The molecule has 0 spiro atoms. The van der Waals surface area contributed by atoms with Gasteiger partial charge in [0, 0.05) is 13.3 Å². The van der Waals surface area contributed by atoms with E-state index < -0.39 is 11.9 Å². The molecule has 0 radical (unpaired) electrons. The molecule has 6 heteroatoms. The number of carboxylic acid groups (broad SMARTS) is 2. The lowest BCUT2D eigenvalue weighted by atomic mass is 10.5. The van der Waals surface area contributed by atoms with Crippen molar-refractivity contribution in [2.75, 3.05) is 13.2 Å². The number of rotatable bonds is 2. The molecular formula is C7H16O6. The second-order valence-electron chi connectivity index (χ2n) is 1.71. The van der Waals surface area contributed by atoms with Gasteiger partial charge in [-0.25, -0.2) is 0 Å². The maximum atomic E-state index is 9.37. The number of aliphatic carboxylic acids is 2. The Labute approximate surface area is 76.4 Å². The highest BCUT2D eigenvalue weighted by Gasteiger charge is 1.80. The Hall–Kier alpha value is -1.14. The SMILES string of the molecule is CC(=O)O.CCC(=O)O.OCCO. The van der Waals surface area contributed by atoms with Crippen LogP contribution in [-0.4, -0.2) is 45.6 Å². The van der Waals surface area contributed by atoms with Gasteiger partial charge in [-0.05, 0) is 0 Å². The molecule has 13 heavy (non-hydrogen) atoms. The fraction of sp³-hybridized carbons (Fsp3) is 0.714. The first kappa shape index (κ1) is 17.8. The van der Waals surface area contributed by atoms with Gasteiger partial charge in [0.25, 0.3) is 5.97 Å². The monoisotopic (exact) mass is 196 g/mol. The third-order valence-electron chi connectivity index (χ3n) is 0.402. The molecule has 0 amide bonds. The van der Waals surface area contributed by atoms with Gasteiger partial charge in [-0.15, -0.1) is 0 Å². The second-order valence-corrected chi connectivity index (χ2v) is 1.71. The fourth-order valence-corrected chi connectivity index (χ4v) is 0. The summed E-state index contributed by atoms with van der Waals surface area (Å²) in [6.07, 6.45) is 0.222. The van der Waals surface area contributed by atoms with Crippen LogP contribution in [-0.2, 0) is 9.59 Å². The Morgan fingerprint density at radius 3 is 1.23 bits per heavy atom. The summed E-state index contributed by atoms with van der Waals surface area (Å²) in [6, 6.07) is 0. The number of hydrogen-bond acceptors (Lipinski definition) is 4. The van der Waals surface area contributed by atoms with Crippen molar-refractivity contribution in [3.8, 4) is 0 Å². The maximum absolute atomic E-state index is 9.37. The van der Waals surface area contributed by atoms with Gasteiger partial charge in [0.15, 0.2) is 0 Å². The minimum absolute atomic E-state index is 0.125. The van der Waals surface area contributed by atoms with E-state index in [4.69, 9.17) is 25.2 Å². The summed E-state index contributed by atoms with van der Waals surface area (Å²) >= 11 is 0. The highest BCUT2D eigenvalue weighted by atomic mass is 16.4. The van der Waals surface area contributed by atoms with E-state index in [-0.39, 0.29) is 19.6 Å². The van der Waals surface area contributed by atoms with E-state index >= 15 is 0 Å². The summed E-state index contributed by atoms with van der Waals surface area (Å²) in [5.74, 6) is -1.58. The molecule has 0 aromatic rings. The molecule has 0 fully saturated rings. The van der Waals surface area contributed by atoms with Crippen molar-refractivity contribution in [1.82, 2.24) is 0 Å². The third-order valence-corrected chi connectivity index (χ3v) is 0.402. The lowest BCUT2D eigenvalue weighted by molar-refractivity contribution is -0.137. The molecular weight excluding hydrogens is 180 g/mol. The van der Waals surface area contributed by atoms with Crippen molar-refractivity contribution in [2.45, 2.75) is 20.3 Å². The number of hydrogen-bond donors (Lipinski definition) is 4. The van der Waals surface area contributed by atoms with Crippen LogP contribution < -0.4 is 0 Å². The van der Waals surface area contributed by atoms with Crippen molar-refractivity contribution in [3.63, 3.8) is 0 Å². The lowest BCUT2D eigenvalue weighted by Crippen LogP contribution is -1.86. The first-order chi connectivity index (χ1) is 5.92. The van der Waals surface area contributed by atoms with E-state index in [1.807, 2.05) is 0 Å². The largest absolute Gasteiger partial charge is 0.481 e. The van der Waals surface area contributed by atoms with Gasteiger partial charge in [-0.2, -0.15) is 0 Å². The van der Waals surface area contributed by atoms with Crippen molar-refractivity contribution in [2.24, 2.45) is 0 Å². The average Bonchev–Trinajstić information content (AvgIpc) is 2.04. The standard InChI is InChI=1S/C3H6O2.C2H4O2.C2H6O2/c1-2-3(4)5;1-2(3)4;3-1-2-4/h2H2,1H3,(H,4,5);1H3,(H,3,4);3-4H,1-2H2. The summed E-state index contributed by atoms with van der Waals surface area (Å²) in [4.78, 5) is 18.4. The molecule has 80 valence electrons. The van der Waals surface area contributed by atoms with Crippen molar-refractivity contribution >= 4 is 11.9 Å². The van der Waals surface area contributed by atoms with E-state index in [1.54, 1.807) is 6.92 Å². The number of carboxylic acids is 2. The molecule has 0 aliphatic rings. The molecule has 0 bridgehead atoms. The van der Waals surface area contributed by atoms with E-state index in [0.717, 1.165) is 6.92 Å². The molecule has 0 heterocycles. The highest BCUT2D eigenvalue weighted by molar-refractivity contribution is 5.66. The van der Waals surface area contributed by atoms with Crippen LogP contribution in [0.15, 0.2) is 0 Å². The number of carbonyl (C=O) groups is 2. The predicted octanol–water partition coefficient (Wildman–Crippen LogP) is -0.457. The summed E-state index contributed by atoms with van der Waals surface area (Å²) < 4.78 is 0. The number of aliphatic hydroxyl groups is 2. The van der Waals surface area contributed by atoms with Crippen LogP contribution in [0.1, 0.15) is 20.3 Å². The molecule has 0 atom stereocenters. The van der Waals surface area contributed by atoms with Gasteiger partial charge in [0.1, 0.15) is 0 Å². The Morgan fingerprint density at radius 2 is 1.23 bits per heavy atom. The highest BCUT2D eigenvalue weighted by Crippen LogP contribution is 1.67. The second kappa shape index (κ2) is 17.1. The fourth-order valence-electron chi connectivity index (χ4n) is 0. The quantitative estimate of drug-likeness (QED) is 0.475. The van der Waals surface area contributed by atoms with Crippen LogP contribution in [0.3, 0.4) is 0 Å². The molecule has 0 aliphatic carbocycles. The smallest absolute Gasteiger partial charge is 0.303 e. The predicted molar refractivity (Wildman–Crippen MR) is 45.4 cm³/mol. The zero-order chi connectivity index (χ0) is 11.3. The van der Waals surface area contributed by atoms with E-state index in [2.05, 4.69) is 0 Å². The normalized spacial score (nSPS) is 7.08. The van der Waals surface area contributed by atoms with Crippen LogP contribution in [0.2, 0.25) is 0 Å². The topological polar surface area (TPSA) is 115 Å². The van der Waals surface area contributed by atoms with Gasteiger partial charge < -0.3 is 20.4 Å². The van der Waals surface area contributed by atoms with Crippen LogP contribution in [0.5, 0.6) is 0 Å². The zero-order valence-corrected chi connectivity index (χ0v) is 7.73. The van der Waals surface area contributed by atoms with E-state index in [9.17, 15) is 4.79 Å². The van der Waals surface area contributed by atoms with Crippen molar-refractivity contribution < 1.29 is 30.0 Å². The Kier molecular flexibility index (Phi) is 23.4. The minimum atomic E-state index is -0.833. The van der Waals surface area contributed by atoms with Crippen LogP contribution >= 0.6 is 0 Å². The molecule has 0 saturated heterocycles. The molecule has 4 N–H and O–H groups in total.